The van der Waals surface area contributed by atoms with Crippen LogP contribution in [0, 0.1) is 11.7 Å². The van der Waals surface area contributed by atoms with E-state index in [2.05, 4.69) is 27.7 Å². The molecule has 1 aliphatic rings. The molecule has 24 heavy (non-hydrogen) atoms. The molecule has 1 saturated heterocycles. The van der Waals surface area contributed by atoms with Gasteiger partial charge in [-0.05, 0) is 54.9 Å². The largest absolute Gasteiger partial charge is 0.356 e. The van der Waals surface area contributed by atoms with Gasteiger partial charge in [-0.3, -0.25) is 9.69 Å². The van der Waals surface area contributed by atoms with Gasteiger partial charge in [-0.1, -0.05) is 24.3 Å². The molecule has 1 amide bonds. The fourth-order valence-corrected chi connectivity index (χ4v) is 3.85. The molecule has 1 fully saturated rings. The van der Waals surface area contributed by atoms with Crippen LogP contribution in [0.2, 0.25) is 0 Å². The number of hydrogen-bond donors (Lipinski definition) is 1. The molecule has 3 rings (SSSR count). The first-order valence-electron chi connectivity index (χ1n) is 8.45. The quantitative estimate of drug-likeness (QED) is 0.869. The third-order valence-corrected chi connectivity index (χ3v) is 5.42. The van der Waals surface area contributed by atoms with E-state index in [1.165, 1.54) is 10.9 Å². The zero-order valence-electron chi connectivity index (χ0n) is 13.7. The van der Waals surface area contributed by atoms with Crippen LogP contribution < -0.4 is 5.32 Å². The maximum atomic E-state index is 13.6. The first kappa shape index (κ1) is 17.1. The number of halogens is 1. The highest BCUT2D eigenvalue weighted by Gasteiger charge is 2.20. The number of benzene rings is 1. The van der Waals surface area contributed by atoms with Crippen molar-refractivity contribution in [2.24, 2.45) is 5.92 Å². The molecule has 128 valence electrons. The molecule has 0 bridgehead atoms. The third-order valence-electron chi connectivity index (χ3n) is 4.56. The van der Waals surface area contributed by atoms with Crippen molar-refractivity contribution in [2.75, 3.05) is 19.6 Å². The first-order chi connectivity index (χ1) is 11.7. The van der Waals surface area contributed by atoms with Gasteiger partial charge < -0.3 is 5.32 Å². The first-order valence-corrected chi connectivity index (χ1v) is 9.33. The van der Waals surface area contributed by atoms with E-state index in [1.807, 2.05) is 0 Å². The van der Waals surface area contributed by atoms with E-state index in [0.29, 0.717) is 18.0 Å². The van der Waals surface area contributed by atoms with Crippen LogP contribution in [0.25, 0.3) is 0 Å². The van der Waals surface area contributed by atoms with Crippen LogP contribution in [0.3, 0.4) is 0 Å². The van der Waals surface area contributed by atoms with Crippen molar-refractivity contribution in [1.29, 1.82) is 0 Å². The number of nitrogens with zero attached hydrogens (tertiary/aromatic N) is 1. The number of likely N-dealkylation sites (tertiary alicyclic amines) is 1. The minimum atomic E-state index is -0.311. The van der Waals surface area contributed by atoms with Crippen molar-refractivity contribution < 1.29 is 9.18 Å². The molecule has 0 radical (unpaired) electrons. The predicted molar refractivity (Wildman–Crippen MR) is 95.4 cm³/mol. The molecule has 0 unspecified atom stereocenters. The highest BCUT2D eigenvalue weighted by atomic mass is 32.1. The van der Waals surface area contributed by atoms with E-state index in [-0.39, 0.29) is 18.1 Å². The van der Waals surface area contributed by atoms with Crippen LogP contribution >= 0.6 is 11.3 Å². The Hall–Kier alpha value is -1.72. The summed E-state index contributed by atoms with van der Waals surface area (Å²) in [5.41, 5.74) is 0.459. The Balaban J connectivity index is 1.37. The lowest BCUT2D eigenvalue weighted by Crippen LogP contribution is -2.38. The number of nitrogens with one attached hydrogen (secondary N) is 1. The summed E-state index contributed by atoms with van der Waals surface area (Å²) in [4.78, 5) is 15.9. The predicted octanol–water partition coefficient (Wildman–Crippen LogP) is 3.46. The van der Waals surface area contributed by atoms with E-state index in [9.17, 15) is 9.18 Å². The molecule has 3 nitrogen and oxygen atoms in total. The topological polar surface area (TPSA) is 32.3 Å². The van der Waals surface area contributed by atoms with Gasteiger partial charge in [0.25, 0.3) is 0 Å². The summed E-state index contributed by atoms with van der Waals surface area (Å²) in [5, 5.41) is 5.08. The van der Waals surface area contributed by atoms with E-state index in [4.69, 9.17) is 0 Å². The number of hydrogen-bond acceptors (Lipinski definition) is 3. The van der Waals surface area contributed by atoms with Gasteiger partial charge in [0.1, 0.15) is 5.82 Å². The SMILES string of the molecule is O=C(Cc1ccccc1F)NCC1CCN(Cc2cccs2)CC1. The maximum absolute atomic E-state index is 13.6. The van der Waals surface area contributed by atoms with Crippen LogP contribution in [0.5, 0.6) is 0 Å². The molecule has 1 N–H and O–H groups in total. The zero-order chi connectivity index (χ0) is 16.8. The molecule has 1 aromatic heterocycles. The third kappa shape index (κ3) is 4.89. The number of amides is 1. The summed E-state index contributed by atoms with van der Waals surface area (Å²) >= 11 is 1.80. The van der Waals surface area contributed by atoms with Gasteiger partial charge in [-0.25, -0.2) is 4.39 Å². The summed E-state index contributed by atoms with van der Waals surface area (Å²) in [6.45, 7) is 3.88. The smallest absolute Gasteiger partial charge is 0.224 e. The Morgan fingerprint density at radius 3 is 2.71 bits per heavy atom. The van der Waals surface area contributed by atoms with Gasteiger partial charge in [-0.15, -0.1) is 11.3 Å². The Bertz CT molecular complexity index is 651. The number of carbonyl (C=O) groups is 1. The molecule has 0 spiro atoms. The van der Waals surface area contributed by atoms with Gasteiger partial charge in [0.2, 0.25) is 5.91 Å². The number of carbonyl (C=O) groups excluding carboxylic acids is 1. The minimum absolute atomic E-state index is 0.0962. The summed E-state index contributed by atoms with van der Waals surface area (Å²) in [7, 11) is 0. The van der Waals surface area contributed by atoms with Crippen molar-refractivity contribution in [2.45, 2.75) is 25.8 Å². The number of rotatable bonds is 6. The Morgan fingerprint density at radius 2 is 2.00 bits per heavy atom. The molecule has 0 aliphatic carbocycles. The van der Waals surface area contributed by atoms with Crippen LogP contribution in [0.4, 0.5) is 4.39 Å². The molecule has 0 saturated carbocycles. The van der Waals surface area contributed by atoms with Crippen molar-refractivity contribution in [3.05, 3.63) is 58.0 Å². The summed E-state index contributed by atoms with van der Waals surface area (Å²) in [5.74, 6) is 0.116. The molecule has 1 aromatic carbocycles. The maximum Gasteiger partial charge on any atom is 0.224 e. The lowest BCUT2D eigenvalue weighted by atomic mass is 9.96. The van der Waals surface area contributed by atoms with E-state index in [1.54, 1.807) is 29.5 Å². The fraction of sp³-hybridized carbons (Fsp3) is 0.421. The van der Waals surface area contributed by atoms with Gasteiger partial charge in [0.05, 0.1) is 6.42 Å². The van der Waals surface area contributed by atoms with Crippen molar-refractivity contribution >= 4 is 17.2 Å². The fourth-order valence-electron chi connectivity index (χ4n) is 3.11. The van der Waals surface area contributed by atoms with Crippen molar-refractivity contribution in [1.82, 2.24) is 10.2 Å². The summed E-state index contributed by atoms with van der Waals surface area (Å²) in [6.07, 6.45) is 2.32. The van der Waals surface area contributed by atoms with E-state index >= 15 is 0 Å². The molecule has 0 atom stereocenters. The molecular formula is C19H23FN2OS. The minimum Gasteiger partial charge on any atom is -0.356 e. The van der Waals surface area contributed by atoms with Crippen molar-refractivity contribution in [3.8, 4) is 0 Å². The average Bonchev–Trinajstić information content (AvgIpc) is 3.09. The van der Waals surface area contributed by atoms with Gasteiger partial charge in [0, 0.05) is 18.0 Å². The molecule has 1 aliphatic heterocycles. The van der Waals surface area contributed by atoms with Crippen molar-refractivity contribution in [3.63, 3.8) is 0 Å². The van der Waals surface area contributed by atoms with Gasteiger partial charge >= 0.3 is 0 Å². The molecule has 2 aromatic rings. The number of piperidine rings is 1. The second kappa shape index (κ2) is 8.40. The lowest BCUT2D eigenvalue weighted by molar-refractivity contribution is -0.120. The Kier molecular flexibility index (Phi) is 5.99. The van der Waals surface area contributed by atoms with Crippen LogP contribution in [-0.2, 0) is 17.8 Å². The normalized spacial score (nSPS) is 16.2. The summed E-state index contributed by atoms with van der Waals surface area (Å²) < 4.78 is 13.6. The van der Waals surface area contributed by atoms with Crippen LogP contribution in [0.1, 0.15) is 23.3 Å². The lowest BCUT2D eigenvalue weighted by Gasteiger charge is -2.31. The Labute approximate surface area is 146 Å². The van der Waals surface area contributed by atoms with Crippen LogP contribution in [0.15, 0.2) is 41.8 Å². The monoisotopic (exact) mass is 346 g/mol. The zero-order valence-corrected chi connectivity index (χ0v) is 14.5. The van der Waals surface area contributed by atoms with E-state index in [0.717, 1.165) is 32.5 Å². The molecule has 5 heteroatoms. The highest BCUT2D eigenvalue weighted by Crippen LogP contribution is 2.20. The van der Waals surface area contributed by atoms with Gasteiger partial charge in [0.15, 0.2) is 0 Å². The molecule has 2 heterocycles. The Morgan fingerprint density at radius 1 is 1.21 bits per heavy atom. The summed E-state index contributed by atoms with van der Waals surface area (Å²) in [6, 6.07) is 10.7. The second-order valence-corrected chi connectivity index (χ2v) is 7.40. The average molecular weight is 346 g/mol. The van der Waals surface area contributed by atoms with Crippen LogP contribution in [-0.4, -0.2) is 30.4 Å². The van der Waals surface area contributed by atoms with Gasteiger partial charge in [-0.2, -0.15) is 0 Å². The standard InChI is InChI=1S/C19H23FN2OS/c20-18-6-2-1-4-16(18)12-19(23)21-13-15-7-9-22(10-8-15)14-17-5-3-11-24-17/h1-6,11,15H,7-10,12-14H2,(H,21,23). The molecular weight excluding hydrogens is 323 g/mol. The second-order valence-electron chi connectivity index (χ2n) is 6.37. The van der Waals surface area contributed by atoms with E-state index < -0.39 is 0 Å². The highest BCUT2D eigenvalue weighted by molar-refractivity contribution is 7.09. The number of thiophene rings is 1.